The lowest BCUT2D eigenvalue weighted by Gasteiger charge is -2.44. The Labute approximate surface area is 114 Å². The van der Waals surface area contributed by atoms with E-state index in [0.717, 1.165) is 19.3 Å². The molecule has 0 aliphatic carbocycles. The summed E-state index contributed by atoms with van der Waals surface area (Å²) in [5, 5.41) is 8.96. The Balaban J connectivity index is 1.91. The van der Waals surface area contributed by atoms with Gasteiger partial charge in [-0.05, 0) is 26.2 Å². The van der Waals surface area contributed by atoms with Crippen LogP contribution in [0.4, 0.5) is 4.79 Å². The molecule has 108 valence electrons. The third kappa shape index (κ3) is 2.55. The summed E-state index contributed by atoms with van der Waals surface area (Å²) < 4.78 is 0. The topological polar surface area (TPSA) is 60.9 Å². The first kappa shape index (κ1) is 14.2. The predicted octanol–water partition coefficient (Wildman–Crippen LogP) is 2.02. The first-order valence-corrected chi connectivity index (χ1v) is 7.25. The van der Waals surface area contributed by atoms with E-state index in [4.69, 9.17) is 5.11 Å². The van der Waals surface area contributed by atoms with Crippen molar-refractivity contribution in [3.8, 4) is 0 Å². The van der Waals surface area contributed by atoms with E-state index in [1.54, 1.807) is 11.8 Å². The fourth-order valence-electron chi connectivity index (χ4n) is 3.17. The van der Waals surface area contributed by atoms with Crippen LogP contribution in [0, 0.1) is 11.8 Å². The van der Waals surface area contributed by atoms with Gasteiger partial charge in [0.1, 0.15) is 0 Å². The number of likely N-dealkylation sites (tertiary alicyclic amines) is 2. The zero-order valence-electron chi connectivity index (χ0n) is 12.0. The Morgan fingerprint density at radius 2 is 1.95 bits per heavy atom. The quantitative estimate of drug-likeness (QED) is 0.852. The van der Waals surface area contributed by atoms with Gasteiger partial charge in [-0.3, -0.25) is 4.79 Å². The second-order valence-corrected chi connectivity index (χ2v) is 5.97. The standard InChI is InChI=1S/C14H24N2O3/c1-4-12-6-5-9(2)16(12)14(19)15-7-11(8-15)10(3)13(17)18/h9-12H,4-8H2,1-3H3,(H,17,18). The lowest BCUT2D eigenvalue weighted by Crippen LogP contribution is -2.59. The van der Waals surface area contributed by atoms with E-state index >= 15 is 0 Å². The van der Waals surface area contributed by atoms with Crippen LogP contribution in [0.3, 0.4) is 0 Å². The van der Waals surface area contributed by atoms with Crippen LogP contribution in [0.15, 0.2) is 0 Å². The first-order valence-electron chi connectivity index (χ1n) is 7.25. The van der Waals surface area contributed by atoms with Crippen molar-refractivity contribution in [1.82, 2.24) is 9.80 Å². The molecule has 2 aliphatic heterocycles. The maximum atomic E-state index is 12.4. The highest BCUT2D eigenvalue weighted by atomic mass is 16.4. The average molecular weight is 268 g/mol. The number of urea groups is 1. The van der Waals surface area contributed by atoms with Crippen molar-refractivity contribution >= 4 is 12.0 Å². The summed E-state index contributed by atoms with van der Waals surface area (Å²) in [6.07, 6.45) is 3.16. The van der Waals surface area contributed by atoms with E-state index in [2.05, 4.69) is 13.8 Å². The molecule has 2 saturated heterocycles. The number of amides is 2. The molecule has 0 spiro atoms. The van der Waals surface area contributed by atoms with E-state index in [9.17, 15) is 9.59 Å². The van der Waals surface area contributed by atoms with E-state index in [-0.39, 0.29) is 17.9 Å². The second-order valence-electron chi connectivity index (χ2n) is 5.97. The maximum Gasteiger partial charge on any atom is 0.320 e. The van der Waals surface area contributed by atoms with Crippen molar-refractivity contribution in [3.63, 3.8) is 0 Å². The number of carboxylic acid groups (broad SMARTS) is 1. The van der Waals surface area contributed by atoms with Gasteiger partial charge < -0.3 is 14.9 Å². The molecule has 0 saturated carbocycles. The second kappa shape index (κ2) is 5.39. The zero-order valence-corrected chi connectivity index (χ0v) is 12.0. The molecule has 1 N–H and O–H groups in total. The minimum atomic E-state index is -0.766. The summed E-state index contributed by atoms with van der Waals surface area (Å²) in [7, 11) is 0. The number of nitrogens with zero attached hydrogens (tertiary/aromatic N) is 2. The summed E-state index contributed by atoms with van der Waals surface area (Å²) in [4.78, 5) is 27.2. The Kier molecular flexibility index (Phi) is 4.02. The molecule has 0 aromatic carbocycles. The van der Waals surface area contributed by atoms with Crippen LogP contribution in [0.1, 0.15) is 40.0 Å². The van der Waals surface area contributed by atoms with E-state index in [1.807, 2.05) is 4.90 Å². The average Bonchev–Trinajstić information content (AvgIpc) is 2.67. The highest BCUT2D eigenvalue weighted by Gasteiger charge is 2.42. The van der Waals surface area contributed by atoms with Crippen molar-refractivity contribution < 1.29 is 14.7 Å². The van der Waals surface area contributed by atoms with Crippen LogP contribution in [-0.4, -0.2) is 52.1 Å². The van der Waals surface area contributed by atoms with E-state index < -0.39 is 5.97 Å². The Morgan fingerprint density at radius 3 is 2.47 bits per heavy atom. The fraction of sp³-hybridized carbons (Fsp3) is 0.857. The SMILES string of the molecule is CCC1CCC(C)N1C(=O)N1CC(C(C)C(=O)O)C1. The third-order valence-electron chi connectivity index (χ3n) is 4.75. The molecule has 0 aromatic rings. The number of carbonyl (C=O) groups excluding carboxylic acids is 1. The van der Waals surface area contributed by atoms with Crippen molar-refractivity contribution in [2.45, 2.75) is 52.1 Å². The largest absolute Gasteiger partial charge is 0.481 e. The minimum Gasteiger partial charge on any atom is -0.481 e. The molecule has 3 atom stereocenters. The lowest BCUT2D eigenvalue weighted by atomic mass is 9.87. The Hall–Kier alpha value is -1.26. The monoisotopic (exact) mass is 268 g/mol. The molecular formula is C14H24N2O3. The van der Waals surface area contributed by atoms with Crippen molar-refractivity contribution in [3.05, 3.63) is 0 Å². The van der Waals surface area contributed by atoms with Crippen molar-refractivity contribution in [2.75, 3.05) is 13.1 Å². The molecule has 5 nitrogen and oxygen atoms in total. The molecule has 5 heteroatoms. The molecule has 2 fully saturated rings. The number of carboxylic acids is 1. The van der Waals surface area contributed by atoms with Crippen LogP contribution in [0.2, 0.25) is 0 Å². The fourth-order valence-corrected chi connectivity index (χ4v) is 3.17. The van der Waals surface area contributed by atoms with E-state index in [0.29, 0.717) is 25.2 Å². The molecular weight excluding hydrogens is 244 g/mol. The van der Waals surface area contributed by atoms with Gasteiger partial charge >= 0.3 is 12.0 Å². The van der Waals surface area contributed by atoms with Gasteiger partial charge in [-0.2, -0.15) is 0 Å². The highest BCUT2D eigenvalue weighted by Crippen LogP contribution is 2.31. The summed E-state index contributed by atoms with van der Waals surface area (Å²) in [6.45, 7) is 7.12. The van der Waals surface area contributed by atoms with Gasteiger partial charge in [-0.1, -0.05) is 13.8 Å². The van der Waals surface area contributed by atoms with Crippen LogP contribution < -0.4 is 0 Å². The highest BCUT2D eigenvalue weighted by molar-refractivity contribution is 5.77. The van der Waals surface area contributed by atoms with Gasteiger partial charge in [-0.25, -0.2) is 4.79 Å². The third-order valence-corrected chi connectivity index (χ3v) is 4.75. The maximum absolute atomic E-state index is 12.4. The molecule has 19 heavy (non-hydrogen) atoms. The van der Waals surface area contributed by atoms with Crippen LogP contribution >= 0.6 is 0 Å². The number of rotatable bonds is 3. The van der Waals surface area contributed by atoms with Crippen molar-refractivity contribution in [2.24, 2.45) is 11.8 Å². The van der Waals surface area contributed by atoms with Gasteiger partial charge in [0.15, 0.2) is 0 Å². The number of aliphatic carboxylic acids is 1. The molecule has 2 amide bonds. The van der Waals surface area contributed by atoms with Crippen LogP contribution in [0.25, 0.3) is 0 Å². The number of hydrogen-bond donors (Lipinski definition) is 1. The smallest absolute Gasteiger partial charge is 0.320 e. The summed E-state index contributed by atoms with van der Waals surface area (Å²) in [5.74, 6) is -1.01. The summed E-state index contributed by atoms with van der Waals surface area (Å²) >= 11 is 0. The molecule has 0 radical (unpaired) electrons. The molecule has 2 rings (SSSR count). The van der Waals surface area contributed by atoms with E-state index in [1.165, 1.54) is 0 Å². The van der Waals surface area contributed by atoms with Gasteiger partial charge in [0, 0.05) is 31.1 Å². The zero-order chi connectivity index (χ0) is 14.2. The molecule has 2 aliphatic rings. The van der Waals surface area contributed by atoms with Gasteiger partial charge in [0.05, 0.1) is 5.92 Å². The molecule has 0 aromatic heterocycles. The van der Waals surface area contributed by atoms with Crippen LogP contribution in [-0.2, 0) is 4.79 Å². The molecule has 2 heterocycles. The summed E-state index contributed by atoms with van der Waals surface area (Å²) in [5.41, 5.74) is 0. The van der Waals surface area contributed by atoms with Gasteiger partial charge in [0.25, 0.3) is 0 Å². The van der Waals surface area contributed by atoms with Gasteiger partial charge in [-0.15, -0.1) is 0 Å². The van der Waals surface area contributed by atoms with Crippen molar-refractivity contribution in [1.29, 1.82) is 0 Å². The predicted molar refractivity (Wildman–Crippen MR) is 71.9 cm³/mol. The Bertz CT molecular complexity index is 366. The number of hydrogen-bond acceptors (Lipinski definition) is 2. The minimum absolute atomic E-state index is 0.102. The first-order chi connectivity index (χ1) is 8.95. The Morgan fingerprint density at radius 1 is 1.32 bits per heavy atom. The van der Waals surface area contributed by atoms with Crippen LogP contribution in [0.5, 0.6) is 0 Å². The lowest BCUT2D eigenvalue weighted by molar-refractivity contribution is -0.145. The summed E-state index contributed by atoms with van der Waals surface area (Å²) in [6, 6.07) is 0.775. The van der Waals surface area contributed by atoms with Gasteiger partial charge in [0.2, 0.25) is 0 Å². The molecule has 3 unspecified atom stereocenters. The normalized spacial score (nSPS) is 29.2. The number of carbonyl (C=O) groups is 2. The molecule has 0 bridgehead atoms.